The quantitative estimate of drug-likeness (QED) is 0.526. The van der Waals surface area contributed by atoms with E-state index in [1.807, 2.05) is 0 Å². The van der Waals surface area contributed by atoms with Crippen molar-refractivity contribution in [3.8, 4) is 0 Å². The van der Waals surface area contributed by atoms with E-state index in [1.54, 1.807) is 5.57 Å². The maximum Gasteiger partial charge on any atom is -0.0292 e. The van der Waals surface area contributed by atoms with Crippen molar-refractivity contribution in [1.82, 2.24) is 0 Å². The number of hydrogen-bond donors (Lipinski definition) is 0. The Hall–Kier alpha value is -0.520. The molecule has 0 fully saturated rings. The molecule has 1 aliphatic carbocycles. The topological polar surface area (TPSA) is 0 Å². The highest BCUT2D eigenvalue weighted by atomic mass is 14.1. The molecule has 1 unspecified atom stereocenters. The van der Waals surface area contributed by atoms with E-state index in [2.05, 4.69) is 32.1 Å². The van der Waals surface area contributed by atoms with E-state index in [4.69, 9.17) is 0 Å². The summed E-state index contributed by atoms with van der Waals surface area (Å²) >= 11 is 0. The Labute approximate surface area is 70.0 Å². The lowest BCUT2D eigenvalue weighted by atomic mass is 9.89. The van der Waals surface area contributed by atoms with Crippen molar-refractivity contribution in [2.75, 3.05) is 0 Å². The van der Waals surface area contributed by atoms with Gasteiger partial charge < -0.3 is 0 Å². The zero-order valence-electron chi connectivity index (χ0n) is 7.64. The maximum atomic E-state index is 2.33. The molecule has 0 aromatic rings. The second-order valence-electron chi connectivity index (χ2n) is 3.49. The predicted molar refractivity (Wildman–Crippen MR) is 50.5 cm³/mol. The molecule has 0 nitrogen and oxygen atoms in total. The van der Waals surface area contributed by atoms with Crippen molar-refractivity contribution < 1.29 is 0 Å². The zero-order chi connectivity index (χ0) is 8.10. The maximum absolute atomic E-state index is 2.33. The van der Waals surface area contributed by atoms with E-state index < -0.39 is 0 Å². The molecule has 1 atom stereocenters. The summed E-state index contributed by atoms with van der Waals surface area (Å²) in [4.78, 5) is 0. The first-order valence-electron chi connectivity index (χ1n) is 4.59. The SMILES string of the molecule is CC=C(C)CC1CC=CCC1. The van der Waals surface area contributed by atoms with Gasteiger partial charge in [0.1, 0.15) is 0 Å². The third kappa shape index (κ3) is 2.92. The van der Waals surface area contributed by atoms with Crippen molar-refractivity contribution in [3.05, 3.63) is 23.8 Å². The van der Waals surface area contributed by atoms with Crippen LogP contribution in [0.25, 0.3) is 0 Å². The minimum Gasteiger partial charge on any atom is -0.0887 e. The Morgan fingerprint density at radius 1 is 1.55 bits per heavy atom. The fourth-order valence-electron chi connectivity index (χ4n) is 1.61. The van der Waals surface area contributed by atoms with Crippen LogP contribution in [0.4, 0.5) is 0 Å². The lowest BCUT2D eigenvalue weighted by Gasteiger charge is -2.17. The van der Waals surface area contributed by atoms with Gasteiger partial charge in [-0.3, -0.25) is 0 Å². The average molecular weight is 150 g/mol. The molecule has 1 aliphatic rings. The van der Waals surface area contributed by atoms with Gasteiger partial charge in [0.05, 0.1) is 0 Å². The summed E-state index contributed by atoms with van der Waals surface area (Å²) in [5.74, 6) is 0.927. The molecule has 0 heterocycles. The molecule has 11 heavy (non-hydrogen) atoms. The van der Waals surface area contributed by atoms with Gasteiger partial charge >= 0.3 is 0 Å². The van der Waals surface area contributed by atoms with Gasteiger partial charge in [-0.1, -0.05) is 23.8 Å². The van der Waals surface area contributed by atoms with Crippen LogP contribution in [-0.2, 0) is 0 Å². The fourth-order valence-corrected chi connectivity index (χ4v) is 1.61. The lowest BCUT2D eigenvalue weighted by molar-refractivity contribution is 0.475. The van der Waals surface area contributed by atoms with Gasteiger partial charge in [0.2, 0.25) is 0 Å². The van der Waals surface area contributed by atoms with Gasteiger partial charge in [-0.05, 0) is 45.4 Å². The van der Waals surface area contributed by atoms with Crippen LogP contribution in [0.3, 0.4) is 0 Å². The molecule has 1 rings (SSSR count). The zero-order valence-corrected chi connectivity index (χ0v) is 7.64. The van der Waals surface area contributed by atoms with Crippen LogP contribution in [-0.4, -0.2) is 0 Å². The average Bonchev–Trinajstić information content (AvgIpc) is 2.06. The van der Waals surface area contributed by atoms with Gasteiger partial charge in [-0.15, -0.1) is 0 Å². The van der Waals surface area contributed by atoms with E-state index in [-0.39, 0.29) is 0 Å². The van der Waals surface area contributed by atoms with Crippen molar-refractivity contribution >= 4 is 0 Å². The van der Waals surface area contributed by atoms with Crippen LogP contribution < -0.4 is 0 Å². The molecule has 0 saturated carbocycles. The van der Waals surface area contributed by atoms with Crippen LogP contribution in [0.5, 0.6) is 0 Å². The van der Waals surface area contributed by atoms with E-state index >= 15 is 0 Å². The van der Waals surface area contributed by atoms with Crippen molar-refractivity contribution in [2.24, 2.45) is 5.92 Å². The molecular weight excluding hydrogens is 132 g/mol. The van der Waals surface area contributed by atoms with Crippen LogP contribution in [0.15, 0.2) is 23.8 Å². The summed E-state index contributed by atoms with van der Waals surface area (Å²) in [6.45, 7) is 4.37. The first-order valence-corrected chi connectivity index (χ1v) is 4.59. The molecule has 0 N–H and O–H groups in total. The number of rotatable bonds is 2. The molecule has 0 heteroatoms. The Kier molecular flexibility index (Phi) is 3.41. The van der Waals surface area contributed by atoms with Crippen molar-refractivity contribution in [1.29, 1.82) is 0 Å². The van der Waals surface area contributed by atoms with Gasteiger partial charge in [-0.25, -0.2) is 0 Å². The van der Waals surface area contributed by atoms with Crippen LogP contribution in [0.1, 0.15) is 39.5 Å². The highest BCUT2D eigenvalue weighted by Crippen LogP contribution is 2.24. The third-order valence-corrected chi connectivity index (χ3v) is 2.48. The largest absolute Gasteiger partial charge is 0.0887 e. The van der Waals surface area contributed by atoms with Gasteiger partial charge in [-0.2, -0.15) is 0 Å². The first kappa shape index (κ1) is 8.58. The molecule has 0 radical (unpaired) electrons. The minimum absolute atomic E-state index is 0.927. The molecule has 0 bridgehead atoms. The van der Waals surface area contributed by atoms with Gasteiger partial charge in [0, 0.05) is 0 Å². The summed E-state index contributed by atoms with van der Waals surface area (Å²) in [6, 6.07) is 0. The Bertz CT molecular complexity index is 163. The predicted octanol–water partition coefficient (Wildman–Crippen LogP) is 3.70. The van der Waals surface area contributed by atoms with E-state index in [1.165, 1.54) is 25.7 Å². The molecule has 0 spiro atoms. The third-order valence-electron chi connectivity index (χ3n) is 2.48. The molecule has 0 aliphatic heterocycles. The highest BCUT2D eigenvalue weighted by Gasteiger charge is 2.09. The second kappa shape index (κ2) is 4.38. The fraction of sp³-hybridized carbons (Fsp3) is 0.636. The Balaban J connectivity index is 2.32. The summed E-state index contributed by atoms with van der Waals surface area (Å²) in [5, 5.41) is 0. The molecule has 0 amide bonds. The van der Waals surface area contributed by atoms with Crippen molar-refractivity contribution in [3.63, 3.8) is 0 Å². The lowest BCUT2D eigenvalue weighted by Crippen LogP contribution is -2.02. The summed E-state index contributed by atoms with van der Waals surface area (Å²) in [6.07, 6.45) is 12.2. The number of allylic oxidation sites excluding steroid dienone is 4. The summed E-state index contributed by atoms with van der Waals surface area (Å²) < 4.78 is 0. The van der Waals surface area contributed by atoms with Crippen molar-refractivity contribution in [2.45, 2.75) is 39.5 Å². The standard InChI is InChI=1S/C11H18/c1-3-10(2)9-11-7-5-4-6-8-11/h3-5,11H,6-9H2,1-2H3. The summed E-state index contributed by atoms with van der Waals surface area (Å²) in [7, 11) is 0. The molecule has 0 aromatic carbocycles. The summed E-state index contributed by atoms with van der Waals surface area (Å²) in [5.41, 5.74) is 1.55. The van der Waals surface area contributed by atoms with E-state index in [0.717, 1.165) is 5.92 Å². The van der Waals surface area contributed by atoms with Gasteiger partial charge in [0.15, 0.2) is 0 Å². The highest BCUT2D eigenvalue weighted by molar-refractivity contribution is 5.00. The normalized spacial score (nSPS) is 25.6. The number of hydrogen-bond acceptors (Lipinski definition) is 0. The second-order valence-corrected chi connectivity index (χ2v) is 3.49. The molecule has 62 valence electrons. The molecule has 0 saturated heterocycles. The minimum atomic E-state index is 0.927. The molecular formula is C11H18. The van der Waals surface area contributed by atoms with Crippen LogP contribution in [0.2, 0.25) is 0 Å². The van der Waals surface area contributed by atoms with Crippen LogP contribution in [0, 0.1) is 5.92 Å². The monoisotopic (exact) mass is 150 g/mol. The first-order chi connectivity index (χ1) is 5.33. The van der Waals surface area contributed by atoms with E-state index in [0.29, 0.717) is 0 Å². The van der Waals surface area contributed by atoms with E-state index in [9.17, 15) is 0 Å². The van der Waals surface area contributed by atoms with Gasteiger partial charge in [0.25, 0.3) is 0 Å². The van der Waals surface area contributed by atoms with Crippen LogP contribution >= 0.6 is 0 Å². The smallest absolute Gasteiger partial charge is 0.0292 e. The Morgan fingerprint density at radius 2 is 2.36 bits per heavy atom. The Morgan fingerprint density at radius 3 is 2.91 bits per heavy atom. The molecule has 0 aromatic heterocycles.